The molecule has 1 fully saturated rings. The van der Waals surface area contributed by atoms with E-state index in [0.717, 1.165) is 30.7 Å². The third-order valence-corrected chi connectivity index (χ3v) is 4.90. The van der Waals surface area contributed by atoms with Gasteiger partial charge in [-0.3, -0.25) is 4.79 Å². The second-order valence-corrected chi connectivity index (χ2v) is 6.06. The summed E-state index contributed by atoms with van der Waals surface area (Å²) in [5, 5.41) is 0. The van der Waals surface area contributed by atoms with Gasteiger partial charge in [-0.15, -0.1) is 11.6 Å². The smallest absolute Gasteiger partial charge is 0.230 e. The fraction of sp³-hybridized carbons (Fsp3) is 0.562. The normalized spacial score (nSPS) is 28.9. The highest BCUT2D eigenvalue weighted by molar-refractivity contribution is 6.18. The molecule has 3 nitrogen and oxygen atoms in total. The maximum Gasteiger partial charge on any atom is 0.230 e. The molecular weight excluding hydrogens is 274 g/mol. The topological polar surface area (TPSA) is 29.5 Å². The van der Waals surface area contributed by atoms with Crippen LogP contribution in [-0.4, -0.2) is 35.9 Å². The molecule has 1 saturated heterocycles. The molecule has 0 aromatic heterocycles. The SMILES string of the molecule is CC1CCN(C(=O)C2CCOc3ccccc32)C1CCl. The Labute approximate surface area is 124 Å². The second-order valence-electron chi connectivity index (χ2n) is 5.75. The molecular formula is C16H20ClNO2. The lowest BCUT2D eigenvalue weighted by atomic mass is 9.91. The Hall–Kier alpha value is -1.22. The molecule has 2 aliphatic rings. The van der Waals surface area contributed by atoms with Crippen molar-refractivity contribution in [2.24, 2.45) is 5.92 Å². The number of halogens is 1. The van der Waals surface area contributed by atoms with Crippen LogP contribution in [0, 0.1) is 5.92 Å². The van der Waals surface area contributed by atoms with E-state index in [2.05, 4.69) is 6.92 Å². The van der Waals surface area contributed by atoms with Crippen LogP contribution >= 0.6 is 11.6 Å². The molecule has 0 spiro atoms. The number of likely N-dealkylation sites (tertiary alicyclic amines) is 1. The highest BCUT2D eigenvalue weighted by Crippen LogP contribution is 2.37. The summed E-state index contributed by atoms with van der Waals surface area (Å²) in [7, 11) is 0. The van der Waals surface area contributed by atoms with Crippen molar-refractivity contribution in [2.45, 2.75) is 31.7 Å². The zero-order chi connectivity index (χ0) is 14.1. The number of amides is 1. The quantitative estimate of drug-likeness (QED) is 0.785. The molecule has 2 heterocycles. The van der Waals surface area contributed by atoms with Crippen LogP contribution in [0.3, 0.4) is 0 Å². The van der Waals surface area contributed by atoms with Gasteiger partial charge in [0.1, 0.15) is 5.75 Å². The van der Waals surface area contributed by atoms with Crippen molar-refractivity contribution in [1.82, 2.24) is 4.90 Å². The number of alkyl halides is 1. The molecule has 1 aromatic rings. The monoisotopic (exact) mass is 293 g/mol. The summed E-state index contributed by atoms with van der Waals surface area (Å²) in [6, 6.07) is 8.05. The number of carbonyl (C=O) groups excluding carboxylic acids is 1. The molecule has 0 saturated carbocycles. The van der Waals surface area contributed by atoms with Crippen molar-refractivity contribution < 1.29 is 9.53 Å². The van der Waals surface area contributed by atoms with Crippen LogP contribution in [0.2, 0.25) is 0 Å². The molecule has 0 N–H and O–H groups in total. The fourth-order valence-corrected chi connectivity index (χ4v) is 3.79. The van der Waals surface area contributed by atoms with E-state index < -0.39 is 0 Å². The molecule has 4 heteroatoms. The summed E-state index contributed by atoms with van der Waals surface area (Å²) in [6.45, 7) is 3.62. The van der Waals surface area contributed by atoms with Crippen molar-refractivity contribution in [3.63, 3.8) is 0 Å². The van der Waals surface area contributed by atoms with Crippen LogP contribution in [0.5, 0.6) is 5.75 Å². The molecule has 1 aromatic carbocycles. The van der Waals surface area contributed by atoms with Gasteiger partial charge in [0, 0.05) is 24.0 Å². The van der Waals surface area contributed by atoms with Crippen molar-refractivity contribution in [2.75, 3.05) is 19.0 Å². The third kappa shape index (κ3) is 2.28. The highest BCUT2D eigenvalue weighted by Gasteiger charge is 2.38. The molecule has 20 heavy (non-hydrogen) atoms. The largest absolute Gasteiger partial charge is 0.493 e. The summed E-state index contributed by atoms with van der Waals surface area (Å²) in [5.41, 5.74) is 1.02. The van der Waals surface area contributed by atoms with Gasteiger partial charge in [0.05, 0.1) is 12.5 Å². The number of ether oxygens (including phenoxy) is 1. The van der Waals surface area contributed by atoms with E-state index in [4.69, 9.17) is 16.3 Å². The first-order chi connectivity index (χ1) is 9.72. The zero-order valence-corrected chi connectivity index (χ0v) is 12.5. The van der Waals surface area contributed by atoms with Gasteiger partial charge in [0.25, 0.3) is 0 Å². The molecule has 0 aliphatic carbocycles. The summed E-state index contributed by atoms with van der Waals surface area (Å²) in [6.07, 6.45) is 1.81. The van der Waals surface area contributed by atoms with Gasteiger partial charge in [-0.25, -0.2) is 0 Å². The molecule has 3 unspecified atom stereocenters. The number of hydrogen-bond donors (Lipinski definition) is 0. The van der Waals surface area contributed by atoms with Crippen molar-refractivity contribution in [3.05, 3.63) is 29.8 Å². The van der Waals surface area contributed by atoms with Crippen molar-refractivity contribution >= 4 is 17.5 Å². The number of carbonyl (C=O) groups is 1. The lowest BCUT2D eigenvalue weighted by Gasteiger charge is -2.32. The lowest BCUT2D eigenvalue weighted by molar-refractivity contribution is -0.134. The third-order valence-electron chi connectivity index (χ3n) is 4.58. The molecule has 2 aliphatic heterocycles. The summed E-state index contributed by atoms with van der Waals surface area (Å²) >= 11 is 6.06. The van der Waals surface area contributed by atoms with Gasteiger partial charge in [-0.05, 0) is 24.8 Å². The van der Waals surface area contributed by atoms with Gasteiger partial charge in [-0.2, -0.15) is 0 Å². The maximum absolute atomic E-state index is 12.9. The molecule has 108 valence electrons. The fourth-order valence-electron chi connectivity index (χ4n) is 3.32. The lowest BCUT2D eigenvalue weighted by Crippen LogP contribution is -2.42. The first-order valence-electron chi connectivity index (χ1n) is 7.30. The van der Waals surface area contributed by atoms with E-state index in [1.807, 2.05) is 29.2 Å². The zero-order valence-electron chi connectivity index (χ0n) is 11.7. The predicted molar refractivity (Wildman–Crippen MR) is 79.3 cm³/mol. The molecule has 1 amide bonds. The minimum atomic E-state index is -0.0732. The molecule has 3 rings (SSSR count). The van der Waals surface area contributed by atoms with Crippen LogP contribution in [0.1, 0.15) is 31.2 Å². The number of nitrogens with zero attached hydrogens (tertiary/aromatic N) is 1. The van der Waals surface area contributed by atoms with E-state index in [-0.39, 0.29) is 17.9 Å². The predicted octanol–water partition coefficient (Wildman–Crippen LogP) is 3.03. The van der Waals surface area contributed by atoms with Gasteiger partial charge in [0.15, 0.2) is 0 Å². The Kier molecular flexibility index (Phi) is 3.88. The second kappa shape index (κ2) is 5.65. The Morgan fingerprint density at radius 1 is 1.40 bits per heavy atom. The molecule has 0 radical (unpaired) electrons. The van der Waals surface area contributed by atoms with Crippen molar-refractivity contribution in [3.8, 4) is 5.75 Å². The Morgan fingerprint density at radius 2 is 2.20 bits per heavy atom. The number of hydrogen-bond acceptors (Lipinski definition) is 2. The Morgan fingerprint density at radius 3 is 3.00 bits per heavy atom. The average Bonchev–Trinajstić information content (AvgIpc) is 2.86. The minimum Gasteiger partial charge on any atom is -0.493 e. The number of para-hydroxylation sites is 1. The first kappa shape index (κ1) is 13.7. The standard InChI is InChI=1S/C16H20ClNO2/c1-11-6-8-18(14(11)10-17)16(19)13-7-9-20-15-5-3-2-4-12(13)15/h2-5,11,13-14H,6-10H2,1H3. The molecule has 0 bridgehead atoms. The Bertz CT molecular complexity index is 505. The molecule has 3 atom stereocenters. The van der Waals surface area contributed by atoms with E-state index in [1.54, 1.807) is 0 Å². The maximum atomic E-state index is 12.9. The van der Waals surface area contributed by atoms with Crippen LogP contribution in [-0.2, 0) is 4.79 Å². The van der Waals surface area contributed by atoms with Crippen LogP contribution in [0.4, 0.5) is 0 Å². The highest BCUT2D eigenvalue weighted by atomic mass is 35.5. The van der Waals surface area contributed by atoms with E-state index in [9.17, 15) is 4.79 Å². The van der Waals surface area contributed by atoms with E-state index >= 15 is 0 Å². The summed E-state index contributed by atoms with van der Waals surface area (Å²) in [4.78, 5) is 14.9. The van der Waals surface area contributed by atoms with Gasteiger partial charge >= 0.3 is 0 Å². The van der Waals surface area contributed by atoms with Gasteiger partial charge in [-0.1, -0.05) is 25.1 Å². The summed E-state index contributed by atoms with van der Waals surface area (Å²) in [5.74, 6) is 2.02. The van der Waals surface area contributed by atoms with Crippen LogP contribution < -0.4 is 4.74 Å². The van der Waals surface area contributed by atoms with E-state index in [0.29, 0.717) is 18.4 Å². The number of rotatable bonds is 2. The first-order valence-corrected chi connectivity index (χ1v) is 7.84. The number of fused-ring (bicyclic) bond motifs is 1. The van der Waals surface area contributed by atoms with Crippen molar-refractivity contribution in [1.29, 1.82) is 0 Å². The minimum absolute atomic E-state index is 0.0732. The van der Waals surface area contributed by atoms with E-state index in [1.165, 1.54) is 0 Å². The van der Waals surface area contributed by atoms with Gasteiger partial charge in [0.2, 0.25) is 5.91 Å². The Balaban J connectivity index is 1.85. The number of benzene rings is 1. The van der Waals surface area contributed by atoms with Gasteiger partial charge < -0.3 is 9.64 Å². The van der Waals surface area contributed by atoms with Crippen LogP contribution in [0.25, 0.3) is 0 Å². The average molecular weight is 294 g/mol. The van der Waals surface area contributed by atoms with Crippen LogP contribution in [0.15, 0.2) is 24.3 Å². The summed E-state index contributed by atoms with van der Waals surface area (Å²) < 4.78 is 5.64.